The van der Waals surface area contributed by atoms with Gasteiger partial charge in [-0.3, -0.25) is 0 Å². The molecule has 1 nitrogen and oxygen atoms in total. The highest BCUT2D eigenvalue weighted by atomic mass is 16.3. The molecule has 2 aliphatic rings. The highest BCUT2D eigenvalue weighted by Gasteiger charge is 2.33. The summed E-state index contributed by atoms with van der Waals surface area (Å²) < 4.78 is 0. The normalized spacial score (nSPS) is 35.6. The van der Waals surface area contributed by atoms with Crippen LogP contribution in [0.5, 0.6) is 0 Å². The molecule has 0 aromatic heterocycles. The number of aliphatic hydroxyl groups excluding tert-OH is 1. The van der Waals surface area contributed by atoms with Crippen molar-refractivity contribution in [3.8, 4) is 0 Å². The van der Waals surface area contributed by atoms with Gasteiger partial charge in [-0.05, 0) is 37.0 Å². The maximum atomic E-state index is 9.95. The zero-order valence-electron chi connectivity index (χ0n) is 9.41. The van der Waals surface area contributed by atoms with E-state index in [0.29, 0.717) is 5.92 Å². The first kappa shape index (κ1) is 10.5. The van der Waals surface area contributed by atoms with E-state index in [1.807, 2.05) is 0 Å². The van der Waals surface area contributed by atoms with Crippen molar-refractivity contribution in [2.45, 2.75) is 64.4 Å². The lowest BCUT2D eigenvalue weighted by Gasteiger charge is -2.32. The van der Waals surface area contributed by atoms with Crippen LogP contribution in [0.25, 0.3) is 0 Å². The van der Waals surface area contributed by atoms with E-state index in [2.05, 4.69) is 6.92 Å². The van der Waals surface area contributed by atoms with Crippen LogP contribution < -0.4 is 0 Å². The smallest absolute Gasteiger partial charge is 0.0571 e. The van der Waals surface area contributed by atoms with Crippen LogP contribution in [0, 0.1) is 17.8 Å². The molecular weight excluding hydrogens is 172 g/mol. The SMILES string of the molecule is CCC1CCCCC1CC(O)C1CC1. The predicted octanol–water partition coefficient (Wildman–Crippen LogP) is 3.36. The lowest BCUT2D eigenvalue weighted by Crippen LogP contribution is -2.24. The van der Waals surface area contributed by atoms with Crippen molar-refractivity contribution in [2.24, 2.45) is 17.8 Å². The Morgan fingerprint density at radius 1 is 1.07 bits per heavy atom. The summed E-state index contributed by atoms with van der Waals surface area (Å²) in [5.41, 5.74) is 0. The van der Waals surface area contributed by atoms with Crippen LogP contribution in [0.4, 0.5) is 0 Å². The van der Waals surface area contributed by atoms with E-state index in [0.717, 1.165) is 18.3 Å². The molecule has 0 saturated heterocycles. The molecule has 3 unspecified atom stereocenters. The van der Waals surface area contributed by atoms with Crippen LogP contribution in [-0.4, -0.2) is 11.2 Å². The Labute approximate surface area is 87.9 Å². The Bertz CT molecular complexity index is 174. The highest BCUT2D eigenvalue weighted by Crippen LogP contribution is 2.40. The van der Waals surface area contributed by atoms with Crippen LogP contribution in [0.3, 0.4) is 0 Å². The second-order valence-electron chi connectivity index (χ2n) is 5.35. The Balaban J connectivity index is 1.80. The molecule has 82 valence electrons. The molecule has 1 heteroatoms. The van der Waals surface area contributed by atoms with Gasteiger partial charge in [0.05, 0.1) is 6.10 Å². The van der Waals surface area contributed by atoms with Gasteiger partial charge >= 0.3 is 0 Å². The summed E-state index contributed by atoms with van der Waals surface area (Å²) in [4.78, 5) is 0. The minimum atomic E-state index is 0.0344. The summed E-state index contributed by atoms with van der Waals surface area (Å²) in [7, 11) is 0. The molecule has 0 radical (unpaired) electrons. The van der Waals surface area contributed by atoms with E-state index >= 15 is 0 Å². The van der Waals surface area contributed by atoms with Crippen molar-refractivity contribution >= 4 is 0 Å². The highest BCUT2D eigenvalue weighted by molar-refractivity contribution is 4.85. The maximum Gasteiger partial charge on any atom is 0.0571 e. The minimum absolute atomic E-state index is 0.0344. The largest absolute Gasteiger partial charge is 0.393 e. The summed E-state index contributed by atoms with van der Waals surface area (Å²) in [5.74, 6) is 2.43. The molecule has 0 aromatic rings. The third kappa shape index (κ3) is 2.50. The Morgan fingerprint density at radius 3 is 2.29 bits per heavy atom. The topological polar surface area (TPSA) is 20.2 Å². The monoisotopic (exact) mass is 196 g/mol. The molecule has 2 fully saturated rings. The minimum Gasteiger partial charge on any atom is -0.393 e. The molecular formula is C13H24O. The molecule has 0 aromatic carbocycles. The third-order valence-electron chi connectivity index (χ3n) is 4.30. The van der Waals surface area contributed by atoms with Crippen molar-refractivity contribution in [3.05, 3.63) is 0 Å². The molecule has 2 aliphatic carbocycles. The van der Waals surface area contributed by atoms with Crippen molar-refractivity contribution < 1.29 is 5.11 Å². The standard InChI is InChI=1S/C13H24O/c1-2-10-5-3-4-6-12(10)9-13(14)11-7-8-11/h10-14H,2-9H2,1H3. The molecule has 2 rings (SSSR count). The first-order valence-electron chi connectivity index (χ1n) is 6.49. The lowest BCUT2D eigenvalue weighted by molar-refractivity contribution is 0.0875. The fraction of sp³-hybridized carbons (Fsp3) is 1.00. The summed E-state index contributed by atoms with van der Waals surface area (Å²) in [6.07, 6.45) is 10.6. The first-order valence-corrected chi connectivity index (χ1v) is 6.49. The van der Waals surface area contributed by atoms with Gasteiger partial charge < -0.3 is 5.11 Å². The van der Waals surface area contributed by atoms with E-state index in [9.17, 15) is 5.11 Å². The van der Waals surface area contributed by atoms with Crippen molar-refractivity contribution in [1.29, 1.82) is 0 Å². The fourth-order valence-corrected chi connectivity index (χ4v) is 3.12. The average molecular weight is 196 g/mol. The Hall–Kier alpha value is -0.0400. The van der Waals surface area contributed by atoms with Gasteiger partial charge in [0.25, 0.3) is 0 Å². The van der Waals surface area contributed by atoms with Gasteiger partial charge in [0, 0.05) is 0 Å². The third-order valence-corrected chi connectivity index (χ3v) is 4.30. The molecule has 0 heterocycles. The van der Waals surface area contributed by atoms with Gasteiger partial charge in [-0.1, -0.05) is 39.0 Å². The zero-order valence-corrected chi connectivity index (χ0v) is 9.41. The lowest BCUT2D eigenvalue weighted by atomic mass is 9.75. The van der Waals surface area contributed by atoms with Gasteiger partial charge in [0.2, 0.25) is 0 Å². The quantitative estimate of drug-likeness (QED) is 0.731. The van der Waals surface area contributed by atoms with Gasteiger partial charge in [0.15, 0.2) is 0 Å². The molecule has 3 atom stereocenters. The maximum absolute atomic E-state index is 9.95. The molecule has 0 bridgehead atoms. The number of rotatable bonds is 4. The first-order chi connectivity index (χ1) is 6.81. The average Bonchev–Trinajstić information content (AvgIpc) is 3.02. The van der Waals surface area contributed by atoms with E-state index in [-0.39, 0.29) is 6.10 Å². The summed E-state index contributed by atoms with van der Waals surface area (Å²) >= 11 is 0. The van der Waals surface area contributed by atoms with Gasteiger partial charge in [-0.2, -0.15) is 0 Å². The van der Waals surface area contributed by atoms with Gasteiger partial charge in [0.1, 0.15) is 0 Å². The fourth-order valence-electron chi connectivity index (χ4n) is 3.12. The van der Waals surface area contributed by atoms with Gasteiger partial charge in [-0.25, -0.2) is 0 Å². The zero-order chi connectivity index (χ0) is 9.97. The van der Waals surface area contributed by atoms with E-state index in [1.54, 1.807) is 0 Å². The molecule has 0 spiro atoms. The molecule has 14 heavy (non-hydrogen) atoms. The number of aliphatic hydroxyl groups is 1. The second-order valence-corrected chi connectivity index (χ2v) is 5.35. The van der Waals surface area contributed by atoms with E-state index in [1.165, 1.54) is 44.9 Å². The van der Waals surface area contributed by atoms with E-state index in [4.69, 9.17) is 0 Å². The number of hydrogen-bond donors (Lipinski definition) is 1. The van der Waals surface area contributed by atoms with Crippen LogP contribution in [0.2, 0.25) is 0 Å². The van der Waals surface area contributed by atoms with Gasteiger partial charge in [-0.15, -0.1) is 0 Å². The Kier molecular flexibility index (Phi) is 3.48. The van der Waals surface area contributed by atoms with E-state index < -0.39 is 0 Å². The molecule has 0 amide bonds. The predicted molar refractivity (Wildman–Crippen MR) is 59.1 cm³/mol. The van der Waals surface area contributed by atoms with Crippen LogP contribution >= 0.6 is 0 Å². The molecule has 0 aliphatic heterocycles. The summed E-state index contributed by atoms with van der Waals surface area (Å²) in [6, 6.07) is 0. The van der Waals surface area contributed by atoms with Crippen molar-refractivity contribution in [2.75, 3.05) is 0 Å². The Morgan fingerprint density at radius 2 is 1.71 bits per heavy atom. The summed E-state index contributed by atoms with van der Waals surface area (Å²) in [6.45, 7) is 2.31. The van der Waals surface area contributed by atoms with Crippen molar-refractivity contribution in [1.82, 2.24) is 0 Å². The van der Waals surface area contributed by atoms with Crippen LogP contribution in [-0.2, 0) is 0 Å². The summed E-state index contributed by atoms with van der Waals surface area (Å²) in [5, 5.41) is 9.95. The second kappa shape index (κ2) is 4.65. The molecule has 2 saturated carbocycles. The molecule has 1 N–H and O–H groups in total. The van der Waals surface area contributed by atoms with Crippen LogP contribution in [0.1, 0.15) is 58.3 Å². The van der Waals surface area contributed by atoms with Crippen molar-refractivity contribution in [3.63, 3.8) is 0 Å². The van der Waals surface area contributed by atoms with Crippen LogP contribution in [0.15, 0.2) is 0 Å². The number of hydrogen-bond acceptors (Lipinski definition) is 1.